The van der Waals surface area contributed by atoms with Crippen LogP contribution in [0.4, 0.5) is 0 Å². The molecule has 70 valence electrons. The zero-order valence-electron chi connectivity index (χ0n) is 8.01. The van der Waals surface area contributed by atoms with E-state index in [0.29, 0.717) is 13.0 Å². The highest BCUT2D eigenvalue weighted by molar-refractivity contribution is 5.71. The Hall–Kier alpha value is -0.790. The molecule has 0 bridgehead atoms. The molecule has 0 radical (unpaired) electrons. The molecule has 0 saturated carbocycles. The van der Waals surface area contributed by atoms with Crippen molar-refractivity contribution in [2.75, 3.05) is 6.61 Å². The maximum Gasteiger partial charge on any atom is 0.309 e. The van der Waals surface area contributed by atoms with Crippen LogP contribution >= 0.6 is 0 Å². The molecule has 0 aromatic heterocycles. The first-order valence-corrected chi connectivity index (χ1v) is 4.61. The molecule has 0 rings (SSSR count). The van der Waals surface area contributed by atoms with Gasteiger partial charge in [-0.25, -0.2) is 0 Å². The highest BCUT2D eigenvalue weighted by Gasteiger charge is 1.96. The van der Waals surface area contributed by atoms with Crippen LogP contribution in [0.25, 0.3) is 0 Å². The van der Waals surface area contributed by atoms with Crippen LogP contribution in [0.1, 0.15) is 39.5 Å². The normalized spacial score (nSPS) is 10.5. The van der Waals surface area contributed by atoms with Crippen molar-refractivity contribution in [1.29, 1.82) is 0 Å². The molecule has 0 aliphatic heterocycles. The van der Waals surface area contributed by atoms with Gasteiger partial charge in [0.05, 0.1) is 13.0 Å². The fourth-order valence-corrected chi connectivity index (χ4v) is 0.739. The second-order valence-corrected chi connectivity index (χ2v) is 2.68. The molecule has 2 heteroatoms. The SMILES string of the molecule is CCCC=CCC(=O)OCCC. The van der Waals surface area contributed by atoms with E-state index in [1.54, 1.807) is 0 Å². The summed E-state index contributed by atoms with van der Waals surface area (Å²) in [5.74, 6) is -0.121. The molecule has 0 spiro atoms. The summed E-state index contributed by atoms with van der Waals surface area (Å²) in [6.45, 7) is 4.64. The lowest BCUT2D eigenvalue weighted by Gasteiger charge is -1.98. The zero-order chi connectivity index (χ0) is 9.23. The van der Waals surface area contributed by atoms with E-state index in [9.17, 15) is 4.79 Å². The second-order valence-electron chi connectivity index (χ2n) is 2.68. The smallest absolute Gasteiger partial charge is 0.309 e. The van der Waals surface area contributed by atoms with Crippen molar-refractivity contribution in [2.24, 2.45) is 0 Å². The summed E-state index contributed by atoms with van der Waals surface area (Å²) < 4.78 is 4.88. The summed E-state index contributed by atoms with van der Waals surface area (Å²) in [6.07, 6.45) is 7.38. The van der Waals surface area contributed by atoms with Gasteiger partial charge in [0.2, 0.25) is 0 Å². The number of rotatable bonds is 6. The molecule has 0 N–H and O–H groups in total. The molecule has 0 aliphatic carbocycles. The Morgan fingerprint density at radius 3 is 2.58 bits per heavy atom. The number of esters is 1. The van der Waals surface area contributed by atoms with Crippen LogP contribution in [0.5, 0.6) is 0 Å². The van der Waals surface area contributed by atoms with Gasteiger partial charge in [-0.05, 0) is 12.8 Å². The number of ether oxygens (including phenoxy) is 1. The van der Waals surface area contributed by atoms with Crippen molar-refractivity contribution in [3.05, 3.63) is 12.2 Å². The minimum Gasteiger partial charge on any atom is -0.465 e. The number of carbonyl (C=O) groups excluding carboxylic acids is 1. The van der Waals surface area contributed by atoms with Crippen LogP contribution in [0.15, 0.2) is 12.2 Å². The molecule has 0 aliphatic rings. The van der Waals surface area contributed by atoms with Gasteiger partial charge < -0.3 is 4.74 Å². The van der Waals surface area contributed by atoms with Crippen molar-refractivity contribution in [1.82, 2.24) is 0 Å². The second kappa shape index (κ2) is 8.31. The van der Waals surface area contributed by atoms with Gasteiger partial charge in [-0.2, -0.15) is 0 Å². The van der Waals surface area contributed by atoms with Crippen molar-refractivity contribution in [3.8, 4) is 0 Å². The highest BCUT2D eigenvalue weighted by Crippen LogP contribution is 1.93. The third-order valence-electron chi connectivity index (χ3n) is 1.37. The van der Waals surface area contributed by atoms with Gasteiger partial charge in [0.1, 0.15) is 0 Å². The number of allylic oxidation sites excluding steroid dienone is 1. The Morgan fingerprint density at radius 1 is 1.25 bits per heavy atom. The molecule has 12 heavy (non-hydrogen) atoms. The van der Waals surface area contributed by atoms with E-state index in [2.05, 4.69) is 6.92 Å². The van der Waals surface area contributed by atoms with Gasteiger partial charge in [0.15, 0.2) is 0 Å². The fraction of sp³-hybridized carbons (Fsp3) is 0.700. The van der Waals surface area contributed by atoms with E-state index in [1.807, 2.05) is 19.1 Å². The first-order chi connectivity index (χ1) is 5.81. The number of carbonyl (C=O) groups is 1. The van der Waals surface area contributed by atoms with Crippen LogP contribution in [-0.4, -0.2) is 12.6 Å². The lowest BCUT2D eigenvalue weighted by molar-refractivity contribution is -0.142. The minimum atomic E-state index is -0.121. The molecular formula is C10H18O2. The summed E-state index contributed by atoms with van der Waals surface area (Å²) in [7, 11) is 0. The van der Waals surface area contributed by atoms with Gasteiger partial charge in [-0.3, -0.25) is 4.79 Å². The number of hydrogen-bond acceptors (Lipinski definition) is 2. The average molecular weight is 170 g/mol. The van der Waals surface area contributed by atoms with E-state index < -0.39 is 0 Å². The molecule has 0 amide bonds. The van der Waals surface area contributed by atoms with Crippen LogP contribution in [-0.2, 0) is 9.53 Å². The number of hydrogen-bond donors (Lipinski definition) is 0. The summed E-state index contributed by atoms with van der Waals surface area (Å²) >= 11 is 0. The molecule has 0 unspecified atom stereocenters. The summed E-state index contributed by atoms with van der Waals surface area (Å²) in [5, 5.41) is 0. The molecule has 0 saturated heterocycles. The minimum absolute atomic E-state index is 0.121. The van der Waals surface area contributed by atoms with E-state index in [4.69, 9.17) is 4.74 Å². The molecule has 0 heterocycles. The molecule has 0 aromatic rings. The average Bonchev–Trinajstić information content (AvgIpc) is 2.09. The maximum atomic E-state index is 10.9. The van der Waals surface area contributed by atoms with E-state index >= 15 is 0 Å². The predicted octanol–water partition coefficient (Wildman–Crippen LogP) is 2.69. The van der Waals surface area contributed by atoms with E-state index in [1.165, 1.54) is 0 Å². The standard InChI is InChI=1S/C10H18O2/c1-3-5-6-7-8-10(11)12-9-4-2/h6-7H,3-5,8-9H2,1-2H3. The quantitative estimate of drug-likeness (QED) is 0.452. The van der Waals surface area contributed by atoms with Crippen molar-refractivity contribution < 1.29 is 9.53 Å². The Balaban J connectivity index is 3.30. The van der Waals surface area contributed by atoms with Crippen molar-refractivity contribution in [2.45, 2.75) is 39.5 Å². The van der Waals surface area contributed by atoms with Gasteiger partial charge in [-0.1, -0.05) is 32.4 Å². The molecule has 0 aromatic carbocycles. The monoisotopic (exact) mass is 170 g/mol. The van der Waals surface area contributed by atoms with Crippen LogP contribution in [0.3, 0.4) is 0 Å². The van der Waals surface area contributed by atoms with Crippen molar-refractivity contribution in [3.63, 3.8) is 0 Å². The molecule has 0 atom stereocenters. The van der Waals surface area contributed by atoms with Crippen molar-refractivity contribution >= 4 is 5.97 Å². The molecule has 2 nitrogen and oxygen atoms in total. The first-order valence-electron chi connectivity index (χ1n) is 4.61. The largest absolute Gasteiger partial charge is 0.465 e. The van der Waals surface area contributed by atoms with Crippen LogP contribution in [0.2, 0.25) is 0 Å². The lowest BCUT2D eigenvalue weighted by atomic mass is 10.3. The van der Waals surface area contributed by atoms with Gasteiger partial charge in [0.25, 0.3) is 0 Å². The summed E-state index contributed by atoms with van der Waals surface area (Å²) in [4.78, 5) is 10.9. The van der Waals surface area contributed by atoms with Gasteiger partial charge >= 0.3 is 5.97 Å². The van der Waals surface area contributed by atoms with Gasteiger partial charge in [-0.15, -0.1) is 0 Å². The van der Waals surface area contributed by atoms with Gasteiger partial charge in [0, 0.05) is 0 Å². The maximum absolute atomic E-state index is 10.9. The third kappa shape index (κ3) is 7.32. The first kappa shape index (κ1) is 11.2. The number of unbranched alkanes of at least 4 members (excludes halogenated alkanes) is 1. The molecular weight excluding hydrogens is 152 g/mol. The summed E-state index contributed by atoms with van der Waals surface area (Å²) in [5.41, 5.74) is 0. The fourth-order valence-electron chi connectivity index (χ4n) is 0.739. The third-order valence-corrected chi connectivity index (χ3v) is 1.37. The highest BCUT2D eigenvalue weighted by atomic mass is 16.5. The lowest BCUT2D eigenvalue weighted by Crippen LogP contribution is -2.03. The summed E-state index contributed by atoms with van der Waals surface area (Å²) in [6, 6.07) is 0. The Kier molecular flexibility index (Phi) is 7.76. The topological polar surface area (TPSA) is 26.3 Å². The van der Waals surface area contributed by atoms with Crippen LogP contribution in [0, 0.1) is 0 Å². The Bertz CT molecular complexity index is 139. The molecule has 0 fully saturated rings. The predicted molar refractivity (Wildman–Crippen MR) is 49.9 cm³/mol. The van der Waals surface area contributed by atoms with E-state index in [-0.39, 0.29) is 5.97 Å². The Morgan fingerprint density at radius 2 is 2.00 bits per heavy atom. The zero-order valence-corrected chi connectivity index (χ0v) is 8.01. The Labute approximate surface area is 74.6 Å². The van der Waals surface area contributed by atoms with E-state index in [0.717, 1.165) is 19.3 Å². The van der Waals surface area contributed by atoms with Crippen LogP contribution < -0.4 is 0 Å².